The number of esters is 1. The van der Waals surface area contributed by atoms with Crippen molar-refractivity contribution < 1.29 is 24.6 Å². The number of carbonyl (C=O) groups is 2. The first-order valence-electron chi connectivity index (χ1n) is 6.28. The Balaban J connectivity index is 2.35. The number of ether oxygens (including phenoxy) is 1. The van der Waals surface area contributed by atoms with Crippen molar-refractivity contribution in [3.05, 3.63) is 35.5 Å². The molecule has 0 aliphatic heterocycles. The van der Waals surface area contributed by atoms with E-state index in [-0.39, 0.29) is 24.3 Å². The van der Waals surface area contributed by atoms with Gasteiger partial charge >= 0.3 is 11.9 Å². The summed E-state index contributed by atoms with van der Waals surface area (Å²) in [6.45, 7) is 1.83. The van der Waals surface area contributed by atoms with Crippen molar-refractivity contribution in [3.8, 4) is 0 Å². The fourth-order valence-corrected chi connectivity index (χ4v) is 2.00. The molecular weight excluding hydrogens is 276 g/mol. The van der Waals surface area contributed by atoms with Crippen molar-refractivity contribution in [2.24, 2.45) is 5.16 Å². The number of H-pyrrole nitrogens is 1. The van der Waals surface area contributed by atoms with Crippen molar-refractivity contribution in [2.45, 2.75) is 13.3 Å². The minimum atomic E-state index is -1.04. The Morgan fingerprint density at radius 3 is 2.76 bits per heavy atom. The molecule has 0 amide bonds. The van der Waals surface area contributed by atoms with Crippen LogP contribution in [0.3, 0.4) is 0 Å². The van der Waals surface area contributed by atoms with Gasteiger partial charge in [0.15, 0.2) is 5.71 Å². The first-order chi connectivity index (χ1) is 10.1. The molecule has 1 aromatic heterocycles. The van der Waals surface area contributed by atoms with E-state index in [4.69, 9.17) is 15.1 Å². The maximum Gasteiger partial charge on any atom is 0.356 e. The van der Waals surface area contributed by atoms with Crippen molar-refractivity contribution >= 4 is 28.6 Å². The summed E-state index contributed by atoms with van der Waals surface area (Å²) in [7, 11) is 0. The summed E-state index contributed by atoms with van der Waals surface area (Å²) in [6, 6.07) is 4.63. The van der Waals surface area contributed by atoms with Gasteiger partial charge in [0.05, 0.1) is 12.2 Å². The topological polar surface area (TPSA) is 112 Å². The molecule has 0 aliphatic carbocycles. The summed E-state index contributed by atoms with van der Waals surface area (Å²) in [6.07, 6.45) is 1.68. The van der Waals surface area contributed by atoms with Crippen LogP contribution in [0.5, 0.6) is 0 Å². The Labute approximate surface area is 119 Å². The Morgan fingerprint density at radius 1 is 1.38 bits per heavy atom. The second kappa shape index (κ2) is 6.08. The van der Waals surface area contributed by atoms with Crippen LogP contribution in [-0.2, 0) is 16.0 Å². The maximum absolute atomic E-state index is 11.6. The molecule has 0 saturated carbocycles. The summed E-state index contributed by atoms with van der Waals surface area (Å²) < 4.78 is 4.78. The van der Waals surface area contributed by atoms with Crippen LogP contribution in [-0.4, -0.2) is 39.6 Å². The van der Waals surface area contributed by atoms with E-state index in [1.807, 2.05) is 0 Å². The molecule has 0 unspecified atom stereocenters. The average molecular weight is 290 g/mol. The van der Waals surface area contributed by atoms with Crippen LogP contribution in [0.1, 0.15) is 22.8 Å². The second-order valence-corrected chi connectivity index (χ2v) is 4.32. The molecule has 0 radical (unpaired) electrons. The lowest BCUT2D eigenvalue weighted by Gasteiger charge is -2.03. The summed E-state index contributed by atoms with van der Waals surface area (Å²) in [5.74, 6) is -1.74. The largest absolute Gasteiger partial charge is 0.478 e. The molecule has 2 aromatic rings. The quantitative estimate of drug-likeness (QED) is 0.336. The van der Waals surface area contributed by atoms with E-state index in [9.17, 15) is 9.59 Å². The lowest BCUT2D eigenvalue weighted by Crippen LogP contribution is -2.19. The zero-order valence-electron chi connectivity index (χ0n) is 11.3. The SMILES string of the molecule is CCOC(=O)/C(Cc1c[nH]c2ccc(C(=O)O)cc12)=N\O. The molecule has 7 nitrogen and oxygen atoms in total. The van der Waals surface area contributed by atoms with Crippen LogP contribution in [0.2, 0.25) is 0 Å². The van der Waals surface area contributed by atoms with E-state index in [0.717, 1.165) is 5.52 Å². The van der Waals surface area contributed by atoms with Crippen LogP contribution in [0.4, 0.5) is 0 Å². The number of aromatic amines is 1. The number of nitrogens with one attached hydrogen (secondary N) is 1. The minimum Gasteiger partial charge on any atom is -0.478 e. The molecule has 110 valence electrons. The highest BCUT2D eigenvalue weighted by Crippen LogP contribution is 2.21. The Hall–Kier alpha value is -2.83. The van der Waals surface area contributed by atoms with Gasteiger partial charge in [-0.2, -0.15) is 0 Å². The van der Waals surface area contributed by atoms with Gasteiger partial charge in [0.25, 0.3) is 0 Å². The van der Waals surface area contributed by atoms with Gasteiger partial charge in [0.2, 0.25) is 0 Å². The monoisotopic (exact) mass is 290 g/mol. The summed E-state index contributed by atoms with van der Waals surface area (Å²) in [4.78, 5) is 25.6. The van der Waals surface area contributed by atoms with E-state index < -0.39 is 11.9 Å². The number of hydrogen-bond donors (Lipinski definition) is 3. The molecule has 1 aromatic carbocycles. The molecule has 0 bridgehead atoms. The van der Waals surface area contributed by atoms with E-state index >= 15 is 0 Å². The molecule has 3 N–H and O–H groups in total. The Morgan fingerprint density at radius 2 is 2.14 bits per heavy atom. The molecule has 0 saturated heterocycles. The number of rotatable bonds is 5. The molecule has 0 spiro atoms. The molecule has 7 heteroatoms. The van der Waals surface area contributed by atoms with Gasteiger partial charge in [0.1, 0.15) is 0 Å². The Kier molecular flexibility index (Phi) is 4.22. The second-order valence-electron chi connectivity index (χ2n) is 4.32. The first kappa shape index (κ1) is 14.6. The number of hydrogen-bond acceptors (Lipinski definition) is 5. The number of benzene rings is 1. The van der Waals surface area contributed by atoms with Gasteiger partial charge in [-0.05, 0) is 30.7 Å². The van der Waals surface area contributed by atoms with E-state index in [1.54, 1.807) is 19.2 Å². The summed E-state index contributed by atoms with van der Waals surface area (Å²) >= 11 is 0. The highest BCUT2D eigenvalue weighted by molar-refractivity contribution is 6.37. The summed E-state index contributed by atoms with van der Waals surface area (Å²) in [5, 5.41) is 21.5. The van der Waals surface area contributed by atoms with Gasteiger partial charge in [-0.1, -0.05) is 5.16 Å². The van der Waals surface area contributed by atoms with Gasteiger partial charge in [-0.25, -0.2) is 9.59 Å². The smallest absolute Gasteiger partial charge is 0.356 e. The number of aromatic nitrogens is 1. The maximum atomic E-state index is 11.6. The number of fused-ring (bicyclic) bond motifs is 1. The first-order valence-corrected chi connectivity index (χ1v) is 6.28. The lowest BCUT2D eigenvalue weighted by molar-refractivity contribution is -0.135. The van der Waals surface area contributed by atoms with Crippen LogP contribution in [0.25, 0.3) is 10.9 Å². The van der Waals surface area contributed by atoms with Gasteiger partial charge in [0, 0.05) is 23.5 Å². The number of aromatic carboxylic acids is 1. The average Bonchev–Trinajstić information content (AvgIpc) is 2.87. The Bertz CT molecular complexity index is 717. The third-order valence-corrected chi connectivity index (χ3v) is 3.00. The molecule has 21 heavy (non-hydrogen) atoms. The zero-order valence-corrected chi connectivity index (χ0v) is 11.3. The normalized spacial score (nSPS) is 11.6. The van der Waals surface area contributed by atoms with Gasteiger partial charge < -0.3 is 20.0 Å². The molecule has 2 rings (SSSR count). The van der Waals surface area contributed by atoms with Crippen LogP contribution in [0.15, 0.2) is 29.6 Å². The van der Waals surface area contributed by atoms with E-state index in [2.05, 4.69) is 10.1 Å². The van der Waals surface area contributed by atoms with Crippen molar-refractivity contribution in [1.82, 2.24) is 4.98 Å². The molecular formula is C14H14N2O5. The standard InChI is InChI=1S/C14H14N2O5/c1-2-21-14(19)12(16-20)6-9-7-15-11-4-3-8(13(17)18)5-10(9)11/h3-5,7,15,20H,2,6H2,1H3,(H,17,18)/b16-12-. The number of oxime groups is 1. The van der Waals surface area contributed by atoms with Gasteiger partial charge in [-0.3, -0.25) is 0 Å². The van der Waals surface area contributed by atoms with E-state index in [1.165, 1.54) is 12.1 Å². The molecule has 1 heterocycles. The third kappa shape index (κ3) is 3.02. The van der Waals surface area contributed by atoms with Crippen molar-refractivity contribution in [2.75, 3.05) is 6.61 Å². The predicted molar refractivity (Wildman–Crippen MR) is 74.8 cm³/mol. The molecule has 0 atom stereocenters. The van der Waals surface area contributed by atoms with Gasteiger partial charge in [-0.15, -0.1) is 0 Å². The van der Waals surface area contributed by atoms with Crippen LogP contribution >= 0.6 is 0 Å². The molecule has 0 fully saturated rings. The minimum absolute atomic E-state index is 0.0401. The van der Waals surface area contributed by atoms with Crippen molar-refractivity contribution in [1.29, 1.82) is 0 Å². The van der Waals surface area contributed by atoms with Crippen LogP contribution in [0, 0.1) is 0 Å². The third-order valence-electron chi connectivity index (χ3n) is 3.00. The zero-order chi connectivity index (χ0) is 15.4. The number of carbonyl (C=O) groups excluding carboxylic acids is 1. The van der Waals surface area contributed by atoms with Crippen molar-refractivity contribution in [3.63, 3.8) is 0 Å². The predicted octanol–water partition coefficient (Wildman–Crippen LogP) is 1.80. The fourth-order valence-electron chi connectivity index (χ4n) is 2.00. The highest BCUT2D eigenvalue weighted by atomic mass is 16.5. The van der Waals surface area contributed by atoms with Crippen LogP contribution < -0.4 is 0 Å². The molecule has 0 aliphatic rings. The fraction of sp³-hybridized carbons (Fsp3) is 0.214. The number of carboxylic acids is 1. The summed E-state index contributed by atoms with van der Waals surface area (Å²) in [5.41, 5.74) is 1.38. The lowest BCUT2D eigenvalue weighted by atomic mass is 10.1. The highest BCUT2D eigenvalue weighted by Gasteiger charge is 2.17. The number of carboxylic acid groups (broad SMARTS) is 1. The number of nitrogens with zero attached hydrogens (tertiary/aromatic N) is 1. The van der Waals surface area contributed by atoms with E-state index in [0.29, 0.717) is 10.9 Å².